The summed E-state index contributed by atoms with van der Waals surface area (Å²) < 4.78 is 26.8. The van der Waals surface area contributed by atoms with Crippen molar-refractivity contribution in [3.63, 3.8) is 0 Å². The molecular formula is C11H12BrF2N. The molecule has 0 atom stereocenters. The largest absolute Gasteiger partial charge is 0.293 e. The molecule has 0 radical (unpaired) electrons. The van der Waals surface area contributed by atoms with Gasteiger partial charge in [-0.05, 0) is 17.7 Å². The third kappa shape index (κ3) is 2.98. The molecule has 1 saturated heterocycles. The molecule has 0 aromatic heterocycles. The van der Waals surface area contributed by atoms with Crippen LogP contribution in [0.25, 0.3) is 0 Å². The van der Waals surface area contributed by atoms with Gasteiger partial charge in [0.25, 0.3) is 5.92 Å². The van der Waals surface area contributed by atoms with Crippen molar-refractivity contribution in [2.24, 2.45) is 0 Å². The van der Waals surface area contributed by atoms with E-state index in [1.807, 2.05) is 24.3 Å². The van der Waals surface area contributed by atoms with E-state index < -0.39 is 5.92 Å². The van der Waals surface area contributed by atoms with Crippen molar-refractivity contribution in [2.75, 3.05) is 13.1 Å². The minimum atomic E-state index is -2.49. The van der Waals surface area contributed by atoms with E-state index in [-0.39, 0.29) is 13.0 Å². The molecule has 1 aliphatic heterocycles. The molecule has 15 heavy (non-hydrogen) atoms. The molecular weight excluding hydrogens is 264 g/mol. The molecule has 1 aliphatic rings. The van der Waals surface area contributed by atoms with Crippen molar-refractivity contribution in [3.8, 4) is 0 Å². The van der Waals surface area contributed by atoms with Gasteiger partial charge in [0.05, 0.1) is 6.54 Å². The molecule has 0 N–H and O–H groups in total. The van der Waals surface area contributed by atoms with Crippen LogP contribution in [-0.2, 0) is 6.54 Å². The van der Waals surface area contributed by atoms with Crippen LogP contribution in [-0.4, -0.2) is 23.9 Å². The van der Waals surface area contributed by atoms with Gasteiger partial charge in [-0.2, -0.15) is 0 Å². The zero-order valence-electron chi connectivity index (χ0n) is 8.22. The first kappa shape index (κ1) is 11.0. The van der Waals surface area contributed by atoms with Gasteiger partial charge in [-0.1, -0.05) is 28.1 Å². The number of likely N-dealkylation sites (tertiary alicyclic amines) is 1. The molecule has 1 aromatic rings. The number of hydrogen-bond acceptors (Lipinski definition) is 1. The predicted molar refractivity (Wildman–Crippen MR) is 59.0 cm³/mol. The van der Waals surface area contributed by atoms with Crippen molar-refractivity contribution < 1.29 is 8.78 Å². The van der Waals surface area contributed by atoms with Gasteiger partial charge in [-0.25, -0.2) is 8.78 Å². The summed E-state index contributed by atoms with van der Waals surface area (Å²) in [5, 5.41) is 0. The van der Waals surface area contributed by atoms with E-state index in [2.05, 4.69) is 15.9 Å². The van der Waals surface area contributed by atoms with E-state index in [0.717, 1.165) is 10.0 Å². The Morgan fingerprint density at radius 1 is 1.40 bits per heavy atom. The van der Waals surface area contributed by atoms with Crippen LogP contribution in [0.1, 0.15) is 12.0 Å². The second-order valence-electron chi connectivity index (χ2n) is 3.95. The zero-order chi connectivity index (χ0) is 10.9. The fourth-order valence-electron chi connectivity index (χ4n) is 1.84. The minimum absolute atomic E-state index is 0.0129. The maximum absolute atomic E-state index is 12.9. The topological polar surface area (TPSA) is 3.24 Å². The van der Waals surface area contributed by atoms with Crippen molar-refractivity contribution in [2.45, 2.75) is 18.9 Å². The average Bonchev–Trinajstić information content (AvgIpc) is 2.45. The normalized spacial score (nSPS) is 20.7. The van der Waals surface area contributed by atoms with E-state index in [9.17, 15) is 8.78 Å². The standard InChI is InChI=1S/C11H12BrF2N/c12-10-3-1-2-9(6-10)7-15-5-4-11(13,14)8-15/h1-3,6H,4-5,7-8H2. The van der Waals surface area contributed by atoms with E-state index >= 15 is 0 Å². The number of rotatable bonds is 2. The van der Waals surface area contributed by atoms with Crippen molar-refractivity contribution in [3.05, 3.63) is 34.3 Å². The Labute approximate surface area is 96.2 Å². The lowest BCUT2D eigenvalue weighted by Gasteiger charge is -2.15. The predicted octanol–water partition coefficient (Wildman–Crippen LogP) is 3.29. The molecule has 1 aromatic carbocycles. The molecule has 1 fully saturated rings. The number of hydrogen-bond donors (Lipinski definition) is 0. The Kier molecular flexibility index (Phi) is 3.07. The number of halogens is 3. The smallest absolute Gasteiger partial charge is 0.261 e. The van der Waals surface area contributed by atoms with Gasteiger partial charge < -0.3 is 0 Å². The molecule has 1 nitrogen and oxygen atoms in total. The molecule has 0 spiro atoms. The zero-order valence-corrected chi connectivity index (χ0v) is 9.80. The number of alkyl halides is 2. The maximum atomic E-state index is 12.9. The first-order valence-electron chi connectivity index (χ1n) is 4.90. The molecule has 82 valence electrons. The van der Waals surface area contributed by atoms with Crippen molar-refractivity contribution in [1.82, 2.24) is 4.90 Å². The van der Waals surface area contributed by atoms with Crippen LogP contribution in [0.5, 0.6) is 0 Å². The van der Waals surface area contributed by atoms with Crippen LogP contribution in [0.2, 0.25) is 0 Å². The lowest BCUT2D eigenvalue weighted by Crippen LogP contribution is -2.24. The summed E-state index contributed by atoms with van der Waals surface area (Å²) >= 11 is 3.37. The highest BCUT2D eigenvalue weighted by molar-refractivity contribution is 9.10. The average molecular weight is 276 g/mol. The lowest BCUT2D eigenvalue weighted by atomic mass is 10.2. The molecule has 0 unspecified atom stereocenters. The van der Waals surface area contributed by atoms with Gasteiger partial charge in [0.2, 0.25) is 0 Å². The molecule has 4 heteroatoms. The summed E-state index contributed by atoms with van der Waals surface area (Å²) in [5.41, 5.74) is 1.07. The van der Waals surface area contributed by atoms with Gasteiger partial charge in [-0.15, -0.1) is 0 Å². The Balaban J connectivity index is 1.99. The summed E-state index contributed by atoms with van der Waals surface area (Å²) in [5.74, 6) is -2.49. The summed E-state index contributed by atoms with van der Waals surface area (Å²) in [6, 6.07) is 7.79. The monoisotopic (exact) mass is 275 g/mol. The third-order valence-electron chi connectivity index (χ3n) is 2.54. The van der Waals surface area contributed by atoms with Crippen molar-refractivity contribution >= 4 is 15.9 Å². The molecule has 0 bridgehead atoms. The van der Waals surface area contributed by atoms with Crippen molar-refractivity contribution in [1.29, 1.82) is 0 Å². The highest BCUT2D eigenvalue weighted by Crippen LogP contribution is 2.28. The van der Waals surface area contributed by atoms with Crippen LogP contribution in [0.15, 0.2) is 28.7 Å². The Morgan fingerprint density at radius 2 is 2.20 bits per heavy atom. The summed E-state index contributed by atoms with van der Waals surface area (Å²) in [6.07, 6.45) is -0.0129. The number of benzene rings is 1. The van der Waals surface area contributed by atoms with E-state index in [0.29, 0.717) is 13.1 Å². The first-order valence-corrected chi connectivity index (χ1v) is 5.69. The third-order valence-corrected chi connectivity index (χ3v) is 3.04. The fourth-order valence-corrected chi connectivity index (χ4v) is 2.28. The van der Waals surface area contributed by atoms with E-state index in [1.165, 1.54) is 0 Å². The molecule has 1 heterocycles. The van der Waals surface area contributed by atoms with Crippen LogP contribution in [0.4, 0.5) is 8.78 Å². The highest BCUT2D eigenvalue weighted by Gasteiger charge is 2.37. The Bertz CT molecular complexity index is 354. The van der Waals surface area contributed by atoms with Gasteiger partial charge in [0, 0.05) is 24.0 Å². The summed E-state index contributed by atoms with van der Waals surface area (Å²) in [4.78, 5) is 1.79. The van der Waals surface area contributed by atoms with E-state index in [4.69, 9.17) is 0 Å². The maximum Gasteiger partial charge on any atom is 0.261 e. The van der Waals surface area contributed by atoms with Crippen LogP contribution >= 0.6 is 15.9 Å². The van der Waals surface area contributed by atoms with Crippen LogP contribution in [0, 0.1) is 0 Å². The molecule has 2 rings (SSSR count). The second kappa shape index (κ2) is 4.18. The summed E-state index contributed by atoms with van der Waals surface area (Å²) in [6.45, 7) is 0.980. The molecule has 0 aliphatic carbocycles. The van der Waals surface area contributed by atoms with Crippen LogP contribution < -0.4 is 0 Å². The Morgan fingerprint density at radius 3 is 2.80 bits per heavy atom. The minimum Gasteiger partial charge on any atom is -0.293 e. The van der Waals surface area contributed by atoms with Gasteiger partial charge in [0.15, 0.2) is 0 Å². The fraction of sp³-hybridized carbons (Fsp3) is 0.455. The SMILES string of the molecule is FC1(F)CCN(Cc2cccc(Br)c2)C1. The quantitative estimate of drug-likeness (QED) is 0.801. The molecule has 0 amide bonds. The first-order chi connectivity index (χ1) is 7.05. The highest BCUT2D eigenvalue weighted by atomic mass is 79.9. The number of nitrogens with zero attached hydrogens (tertiary/aromatic N) is 1. The molecule has 0 saturated carbocycles. The van der Waals surface area contributed by atoms with Gasteiger partial charge in [-0.3, -0.25) is 4.90 Å². The Hall–Kier alpha value is -0.480. The van der Waals surface area contributed by atoms with Crippen LogP contribution in [0.3, 0.4) is 0 Å². The second-order valence-corrected chi connectivity index (χ2v) is 4.86. The summed E-state index contributed by atoms with van der Waals surface area (Å²) in [7, 11) is 0. The van der Waals surface area contributed by atoms with E-state index in [1.54, 1.807) is 4.90 Å². The van der Waals surface area contributed by atoms with Gasteiger partial charge >= 0.3 is 0 Å². The van der Waals surface area contributed by atoms with Gasteiger partial charge in [0.1, 0.15) is 0 Å². The lowest BCUT2D eigenvalue weighted by molar-refractivity contribution is 0.0115.